The molecule has 1 rings (SSSR count). The van der Waals surface area contributed by atoms with E-state index < -0.39 is 0 Å². The van der Waals surface area contributed by atoms with Gasteiger partial charge >= 0.3 is 0 Å². The molecule has 92 valence electrons. The average molecular weight is 231 g/mol. The molecule has 0 fully saturated rings. The predicted octanol–water partition coefficient (Wildman–Crippen LogP) is 4.05. The number of para-hydroxylation sites is 1. The van der Waals surface area contributed by atoms with E-state index in [0.29, 0.717) is 5.92 Å². The smallest absolute Gasteiger partial charge is 0.139 e. The van der Waals surface area contributed by atoms with E-state index in [1.54, 1.807) is 6.07 Å². The van der Waals surface area contributed by atoms with Crippen LogP contribution in [-0.2, 0) is 0 Å². The summed E-state index contributed by atoms with van der Waals surface area (Å²) >= 11 is 0. The summed E-state index contributed by atoms with van der Waals surface area (Å²) in [6.45, 7) is 10.9. The molecule has 0 aromatic heterocycles. The summed E-state index contributed by atoms with van der Waals surface area (Å²) in [6, 6.07) is 5.51. The Kier molecular flexibility index (Phi) is 4.83. The van der Waals surface area contributed by atoms with E-state index in [-0.39, 0.29) is 5.75 Å². The molecule has 2 nitrogen and oxygen atoms in total. The van der Waals surface area contributed by atoms with Crippen molar-refractivity contribution in [1.29, 1.82) is 0 Å². The molecule has 0 saturated carbocycles. The second-order valence-electron chi connectivity index (χ2n) is 4.70. The van der Waals surface area contributed by atoms with Crippen LogP contribution in [0.4, 0.5) is 5.69 Å². The van der Waals surface area contributed by atoms with Crippen LogP contribution in [0.5, 0.6) is 5.75 Å². The number of hydrogen-bond acceptors (Lipinski definition) is 2. The number of phenolic OH excluding ortho intramolecular Hbond substituents is 1. The Hall–Kier alpha value is -1.70. The van der Waals surface area contributed by atoms with E-state index >= 15 is 0 Å². The number of rotatable bonds is 5. The Morgan fingerprint density at radius 1 is 1.47 bits per heavy atom. The summed E-state index contributed by atoms with van der Waals surface area (Å²) in [7, 11) is 0. The summed E-state index contributed by atoms with van der Waals surface area (Å²) in [5.74, 6) is 0.821. The van der Waals surface area contributed by atoms with Gasteiger partial charge in [-0.1, -0.05) is 50.3 Å². The van der Waals surface area contributed by atoms with Gasteiger partial charge in [0, 0.05) is 12.1 Å². The molecule has 0 heterocycles. The highest BCUT2D eigenvalue weighted by Crippen LogP contribution is 2.28. The second kappa shape index (κ2) is 6.14. The molecule has 1 aromatic carbocycles. The van der Waals surface area contributed by atoms with Crippen LogP contribution >= 0.6 is 0 Å². The highest BCUT2D eigenvalue weighted by Gasteiger charge is 2.05. The molecule has 0 spiro atoms. The third kappa shape index (κ3) is 4.35. The Balaban J connectivity index is 2.95. The van der Waals surface area contributed by atoms with Crippen molar-refractivity contribution >= 4 is 11.8 Å². The van der Waals surface area contributed by atoms with Gasteiger partial charge in [-0.3, -0.25) is 0 Å². The third-order valence-corrected chi connectivity index (χ3v) is 2.31. The molecule has 0 amide bonds. The third-order valence-electron chi connectivity index (χ3n) is 2.31. The van der Waals surface area contributed by atoms with E-state index in [4.69, 9.17) is 0 Å². The molecule has 0 bridgehead atoms. The zero-order valence-electron chi connectivity index (χ0n) is 10.8. The van der Waals surface area contributed by atoms with Crippen molar-refractivity contribution in [2.45, 2.75) is 20.8 Å². The molecule has 1 aromatic rings. The topological polar surface area (TPSA) is 32.3 Å². The Bertz CT molecular complexity index is 419. The van der Waals surface area contributed by atoms with Crippen LogP contribution in [0.3, 0.4) is 0 Å². The zero-order valence-corrected chi connectivity index (χ0v) is 10.8. The number of anilines is 1. The van der Waals surface area contributed by atoms with Gasteiger partial charge in [0.15, 0.2) is 0 Å². The van der Waals surface area contributed by atoms with Gasteiger partial charge in [-0.15, -0.1) is 0 Å². The molecule has 0 radical (unpaired) electrons. The first-order valence-corrected chi connectivity index (χ1v) is 5.90. The summed E-state index contributed by atoms with van der Waals surface area (Å²) in [5.41, 5.74) is 2.76. The van der Waals surface area contributed by atoms with Crippen LogP contribution in [-0.4, -0.2) is 11.7 Å². The Labute approximate surface area is 104 Å². The minimum Gasteiger partial charge on any atom is -0.506 e. The van der Waals surface area contributed by atoms with Crippen molar-refractivity contribution in [1.82, 2.24) is 0 Å². The van der Waals surface area contributed by atoms with Gasteiger partial charge in [-0.05, 0) is 18.9 Å². The Morgan fingerprint density at radius 3 is 2.76 bits per heavy atom. The molecular formula is C15H21NO. The van der Waals surface area contributed by atoms with Gasteiger partial charge in [0.1, 0.15) is 5.75 Å². The maximum Gasteiger partial charge on any atom is 0.139 e. The number of allylic oxidation sites excluding steroid dienone is 2. The van der Waals surface area contributed by atoms with E-state index in [1.165, 1.54) is 0 Å². The second-order valence-corrected chi connectivity index (χ2v) is 4.70. The lowest BCUT2D eigenvalue weighted by Gasteiger charge is -2.13. The molecule has 0 atom stereocenters. The van der Waals surface area contributed by atoms with Gasteiger partial charge < -0.3 is 10.4 Å². The summed E-state index contributed by atoms with van der Waals surface area (Å²) in [5, 5.41) is 13.1. The number of benzene rings is 1. The van der Waals surface area contributed by atoms with Crippen molar-refractivity contribution in [3.05, 3.63) is 42.0 Å². The lowest BCUT2D eigenvalue weighted by atomic mass is 10.1. The van der Waals surface area contributed by atoms with Crippen LogP contribution < -0.4 is 5.32 Å². The van der Waals surface area contributed by atoms with Crippen molar-refractivity contribution in [2.24, 2.45) is 5.92 Å². The first kappa shape index (κ1) is 13.4. The molecule has 0 aliphatic heterocycles. The van der Waals surface area contributed by atoms with Gasteiger partial charge in [-0.2, -0.15) is 0 Å². The highest BCUT2D eigenvalue weighted by molar-refractivity contribution is 5.73. The number of hydrogen-bond donors (Lipinski definition) is 2. The minimum absolute atomic E-state index is 0.287. The zero-order chi connectivity index (χ0) is 12.8. The van der Waals surface area contributed by atoms with Gasteiger partial charge in [0.25, 0.3) is 0 Å². The molecule has 0 aliphatic carbocycles. The van der Waals surface area contributed by atoms with Crippen LogP contribution in [0.25, 0.3) is 6.08 Å². The maximum absolute atomic E-state index is 9.85. The number of nitrogens with one attached hydrogen (secondary N) is 1. The molecule has 2 N–H and O–H groups in total. The normalized spacial score (nSPS) is 11.1. The van der Waals surface area contributed by atoms with Crippen molar-refractivity contribution in [3.63, 3.8) is 0 Å². The van der Waals surface area contributed by atoms with Gasteiger partial charge in [0.2, 0.25) is 0 Å². The molecule has 0 saturated heterocycles. The number of aromatic hydroxyl groups is 1. The Morgan fingerprint density at radius 2 is 2.18 bits per heavy atom. The van der Waals surface area contributed by atoms with E-state index in [2.05, 4.69) is 25.7 Å². The lowest BCUT2D eigenvalue weighted by Crippen LogP contribution is -2.08. The van der Waals surface area contributed by atoms with Crippen LogP contribution in [0, 0.1) is 5.92 Å². The van der Waals surface area contributed by atoms with Crippen LogP contribution in [0.2, 0.25) is 0 Å². The van der Waals surface area contributed by atoms with Crippen molar-refractivity contribution in [3.8, 4) is 5.75 Å². The van der Waals surface area contributed by atoms with Crippen molar-refractivity contribution < 1.29 is 5.11 Å². The molecular weight excluding hydrogens is 210 g/mol. The molecule has 17 heavy (non-hydrogen) atoms. The first-order valence-electron chi connectivity index (χ1n) is 5.90. The van der Waals surface area contributed by atoms with E-state index in [0.717, 1.165) is 23.4 Å². The fourth-order valence-electron chi connectivity index (χ4n) is 1.43. The average Bonchev–Trinajstić information content (AvgIpc) is 2.24. The highest BCUT2D eigenvalue weighted by atomic mass is 16.3. The maximum atomic E-state index is 9.85. The summed E-state index contributed by atoms with van der Waals surface area (Å²) < 4.78 is 0. The molecule has 0 unspecified atom stereocenters. The number of phenols is 1. The van der Waals surface area contributed by atoms with Gasteiger partial charge in [0.05, 0.1) is 5.69 Å². The predicted molar refractivity (Wildman–Crippen MR) is 75.3 cm³/mol. The van der Waals surface area contributed by atoms with E-state index in [9.17, 15) is 5.11 Å². The summed E-state index contributed by atoms with van der Waals surface area (Å²) in [4.78, 5) is 0. The largest absolute Gasteiger partial charge is 0.506 e. The standard InChI is InChI=1S/C15H21NO/c1-11(2)8-9-13-6-5-7-14(17)15(13)16-10-12(3)4/h5-9,12,16-17H,1,10H2,2-4H3/b9-8-. The van der Waals surface area contributed by atoms with Gasteiger partial charge in [-0.25, -0.2) is 0 Å². The van der Waals surface area contributed by atoms with Crippen molar-refractivity contribution in [2.75, 3.05) is 11.9 Å². The van der Waals surface area contributed by atoms with E-state index in [1.807, 2.05) is 31.2 Å². The first-order chi connectivity index (χ1) is 8.00. The monoisotopic (exact) mass is 231 g/mol. The fraction of sp³-hybridized carbons (Fsp3) is 0.333. The lowest BCUT2D eigenvalue weighted by molar-refractivity contribution is 0.476. The summed E-state index contributed by atoms with van der Waals surface area (Å²) in [6.07, 6.45) is 3.90. The van der Waals surface area contributed by atoms with Crippen LogP contribution in [0.15, 0.2) is 36.4 Å². The van der Waals surface area contributed by atoms with Crippen LogP contribution in [0.1, 0.15) is 26.3 Å². The minimum atomic E-state index is 0.287. The fourth-order valence-corrected chi connectivity index (χ4v) is 1.43. The molecule has 2 heteroatoms. The molecule has 0 aliphatic rings. The quantitative estimate of drug-likeness (QED) is 0.592. The SMILES string of the molecule is C=C(C)/C=C\c1cccc(O)c1NCC(C)C.